The Morgan fingerprint density at radius 2 is 1.96 bits per heavy atom. The average molecular weight is 404 g/mol. The molecule has 1 aromatic carbocycles. The zero-order chi connectivity index (χ0) is 19.6. The van der Waals surface area contributed by atoms with E-state index >= 15 is 0 Å². The van der Waals surface area contributed by atoms with E-state index in [1.165, 1.54) is 31.0 Å². The first kappa shape index (κ1) is 20.8. The quantitative estimate of drug-likeness (QED) is 0.485. The molecular formula is C20H29N5O2S. The number of hydrogen-bond donors (Lipinski definition) is 1. The third-order valence-corrected chi connectivity index (χ3v) is 5.64. The van der Waals surface area contributed by atoms with Gasteiger partial charge in [-0.2, -0.15) is 0 Å². The van der Waals surface area contributed by atoms with Crippen LogP contribution in [0.25, 0.3) is 5.69 Å². The van der Waals surface area contributed by atoms with E-state index in [0.29, 0.717) is 18.9 Å². The second-order valence-electron chi connectivity index (χ2n) is 6.89. The summed E-state index contributed by atoms with van der Waals surface area (Å²) in [5.41, 5.74) is 1.03. The smallest absolute Gasteiger partial charge is 0.230 e. The van der Waals surface area contributed by atoms with Crippen LogP contribution < -0.4 is 5.32 Å². The van der Waals surface area contributed by atoms with Crippen LogP contribution in [0.5, 0.6) is 0 Å². The number of aromatic nitrogens is 3. The molecule has 2 aromatic rings. The van der Waals surface area contributed by atoms with Crippen LogP contribution in [0.4, 0.5) is 0 Å². The van der Waals surface area contributed by atoms with E-state index in [9.17, 15) is 4.79 Å². The summed E-state index contributed by atoms with van der Waals surface area (Å²) in [6.07, 6.45) is 4.60. The number of carbonyl (C=O) groups is 1. The first-order valence-corrected chi connectivity index (χ1v) is 10.9. The highest BCUT2D eigenvalue weighted by Gasteiger charge is 2.19. The Morgan fingerprint density at radius 1 is 1.18 bits per heavy atom. The van der Waals surface area contributed by atoms with E-state index in [-0.39, 0.29) is 5.91 Å². The van der Waals surface area contributed by atoms with Gasteiger partial charge in [0.25, 0.3) is 0 Å². The summed E-state index contributed by atoms with van der Waals surface area (Å²) in [5, 5.41) is 12.5. The lowest BCUT2D eigenvalue weighted by Gasteiger charge is -2.26. The van der Waals surface area contributed by atoms with E-state index < -0.39 is 0 Å². The molecule has 1 fully saturated rings. The molecule has 8 heteroatoms. The number of thioether (sulfide) groups is 1. The SMILES string of the molecule is COCCCNC(=O)CSc1nnc(CN2CCCCC2)n1-c1ccccc1. The topological polar surface area (TPSA) is 72.3 Å². The number of para-hydroxylation sites is 1. The van der Waals surface area contributed by atoms with Crippen LogP contribution in [-0.2, 0) is 16.1 Å². The van der Waals surface area contributed by atoms with Gasteiger partial charge in [-0.15, -0.1) is 10.2 Å². The van der Waals surface area contributed by atoms with Crippen molar-refractivity contribution in [1.29, 1.82) is 0 Å². The van der Waals surface area contributed by atoms with Crippen LogP contribution in [0.2, 0.25) is 0 Å². The number of nitrogens with zero attached hydrogens (tertiary/aromatic N) is 4. The van der Waals surface area contributed by atoms with Crippen LogP contribution in [0.1, 0.15) is 31.5 Å². The average Bonchev–Trinajstić information content (AvgIpc) is 3.13. The van der Waals surface area contributed by atoms with E-state index in [2.05, 4.69) is 37.1 Å². The van der Waals surface area contributed by atoms with Gasteiger partial charge in [0.2, 0.25) is 5.91 Å². The Kier molecular flexibility index (Phi) is 8.32. The summed E-state index contributed by atoms with van der Waals surface area (Å²) in [5.74, 6) is 1.25. The molecule has 2 heterocycles. The molecular weight excluding hydrogens is 374 g/mol. The number of likely N-dealkylation sites (tertiary alicyclic amines) is 1. The van der Waals surface area contributed by atoms with Crippen molar-refractivity contribution in [3.8, 4) is 5.69 Å². The fraction of sp³-hybridized carbons (Fsp3) is 0.550. The van der Waals surface area contributed by atoms with Gasteiger partial charge in [0.05, 0.1) is 12.3 Å². The molecule has 0 aliphatic carbocycles. The summed E-state index contributed by atoms with van der Waals surface area (Å²) in [4.78, 5) is 14.5. The lowest BCUT2D eigenvalue weighted by molar-refractivity contribution is -0.118. The number of amides is 1. The molecule has 3 rings (SSSR count). The van der Waals surface area contributed by atoms with Crippen molar-refractivity contribution < 1.29 is 9.53 Å². The molecule has 1 N–H and O–H groups in total. The second-order valence-corrected chi connectivity index (χ2v) is 7.83. The van der Waals surface area contributed by atoms with E-state index in [1.807, 2.05) is 18.2 Å². The van der Waals surface area contributed by atoms with Crippen LogP contribution in [0, 0.1) is 0 Å². The fourth-order valence-corrected chi connectivity index (χ4v) is 4.08. The van der Waals surface area contributed by atoms with E-state index in [0.717, 1.165) is 42.7 Å². The highest BCUT2D eigenvalue weighted by molar-refractivity contribution is 7.99. The van der Waals surface area contributed by atoms with Gasteiger partial charge in [-0.25, -0.2) is 0 Å². The number of hydrogen-bond acceptors (Lipinski definition) is 6. The van der Waals surface area contributed by atoms with Gasteiger partial charge in [0.15, 0.2) is 11.0 Å². The highest BCUT2D eigenvalue weighted by Crippen LogP contribution is 2.23. The van der Waals surface area contributed by atoms with Crippen molar-refractivity contribution in [2.45, 2.75) is 37.4 Å². The Balaban J connectivity index is 1.67. The van der Waals surface area contributed by atoms with Crippen molar-refractivity contribution in [3.05, 3.63) is 36.2 Å². The molecule has 152 valence electrons. The van der Waals surface area contributed by atoms with E-state index in [4.69, 9.17) is 4.74 Å². The fourth-order valence-electron chi connectivity index (χ4n) is 3.28. The molecule has 0 saturated carbocycles. The summed E-state index contributed by atoms with van der Waals surface area (Å²) in [7, 11) is 1.66. The second kappa shape index (κ2) is 11.2. The Hall–Kier alpha value is -1.90. The highest BCUT2D eigenvalue weighted by atomic mass is 32.2. The van der Waals surface area contributed by atoms with Crippen molar-refractivity contribution >= 4 is 17.7 Å². The van der Waals surface area contributed by atoms with Gasteiger partial charge in [-0.1, -0.05) is 36.4 Å². The number of ether oxygens (including phenoxy) is 1. The van der Waals surface area contributed by atoms with Crippen molar-refractivity contribution in [2.24, 2.45) is 0 Å². The maximum atomic E-state index is 12.1. The molecule has 1 aliphatic rings. The van der Waals surface area contributed by atoms with Gasteiger partial charge < -0.3 is 10.1 Å². The van der Waals surface area contributed by atoms with Gasteiger partial charge >= 0.3 is 0 Å². The number of piperidine rings is 1. The van der Waals surface area contributed by atoms with Crippen LogP contribution >= 0.6 is 11.8 Å². The molecule has 0 radical (unpaired) electrons. The van der Waals surface area contributed by atoms with Crippen molar-refractivity contribution in [3.63, 3.8) is 0 Å². The minimum absolute atomic E-state index is 0.00120. The Bertz CT molecular complexity index is 731. The number of rotatable bonds is 10. The molecule has 0 unspecified atom stereocenters. The summed E-state index contributed by atoms with van der Waals surface area (Å²) < 4.78 is 7.08. The number of methoxy groups -OCH3 is 1. The molecule has 0 spiro atoms. The molecule has 1 saturated heterocycles. The third kappa shape index (κ3) is 6.05. The molecule has 1 aromatic heterocycles. The zero-order valence-electron chi connectivity index (χ0n) is 16.5. The van der Waals surface area contributed by atoms with Gasteiger partial charge in [-0.3, -0.25) is 14.3 Å². The normalized spacial score (nSPS) is 14.9. The summed E-state index contributed by atoms with van der Waals surface area (Å²) in [6, 6.07) is 10.1. The summed E-state index contributed by atoms with van der Waals surface area (Å²) in [6.45, 7) is 4.27. The van der Waals surface area contributed by atoms with Gasteiger partial charge in [0, 0.05) is 25.9 Å². The molecule has 28 heavy (non-hydrogen) atoms. The lowest BCUT2D eigenvalue weighted by Crippen LogP contribution is -2.30. The molecule has 1 amide bonds. The third-order valence-electron chi connectivity index (χ3n) is 4.71. The van der Waals surface area contributed by atoms with Crippen LogP contribution in [-0.4, -0.2) is 64.7 Å². The number of nitrogens with one attached hydrogen (secondary N) is 1. The first-order valence-electron chi connectivity index (χ1n) is 9.88. The Morgan fingerprint density at radius 3 is 2.71 bits per heavy atom. The summed E-state index contributed by atoms with van der Waals surface area (Å²) >= 11 is 1.42. The largest absolute Gasteiger partial charge is 0.385 e. The minimum atomic E-state index is 0.00120. The number of carbonyl (C=O) groups excluding carboxylic acids is 1. The molecule has 1 aliphatic heterocycles. The van der Waals surface area contributed by atoms with E-state index in [1.54, 1.807) is 7.11 Å². The molecule has 0 atom stereocenters. The number of benzene rings is 1. The molecule has 0 bridgehead atoms. The zero-order valence-corrected chi connectivity index (χ0v) is 17.3. The predicted molar refractivity (Wildman–Crippen MR) is 111 cm³/mol. The standard InChI is InChI=1S/C20H29N5O2S/c1-27-14-8-11-21-19(26)16-28-20-23-22-18(15-24-12-6-3-7-13-24)25(20)17-9-4-2-5-10-17/h2,4-5,9-10H,3,6-8,11-16H2,1H3,(H,21,26). The minimum Gasteiger partial charge on any atom is -0.385 e. The van der Waals surface area contributed by atoms with Crippen molar-refractivity contribution in [2.75, 3.05) is 39.1 Å². The first-order chi connectivity index (χ1) is 13.8. The predicted octanol–water partition coefficient (Wildman–Crippen LogP) is 2.50. The van der Waals surface area contributed by atoms with Gasteiger partial charge in [0.1, 0.15) is 0 Å². The van der Waals surface area contributed by atoms with Crippen molar-refractivity contribution in [1.82, 2.24) is 25.0 Å². The maximum Gasteiger partial charge on any atom is 0.230 e. The lowest BCUT2D eigenvalue weighted by atomic mass is 10.1. The molecule has 7 nitrogen and oxygen atoms in total. The maximum absolute atomic E-state index is 12.1. The van der Waals surface area contributed by atoms with Gasteiger partial charge in [-0.05, 0) is 44.5 Å². The van der Waals surface area contributed by atoms with Crippen LogP contribution in [0.3, 0.4) is 0 Å². The van der Waals surface area contributed by atoms with Crippen LogP contribution in [0.15, 0.2) is 35.5 Å². The Labute approximate surface area is 170 Å². The monoisotopic (exact) mass is 403 g/mol.